The van der Waals surface area contributed by atoms with E-state index in [0.717, 1.165) is 10.2 Å². The summed E-state index contributed by atoms with van der Waals surface area (Å²) in [5.41, 5.74) is 5.92. The second-order valence-electron chi connectivity index (χ2n) is 5.38. The van der Waals surface area contributed by atoms with Crippen LogP contribution in [0.5, 0.6) is 0 Å². The molecule has 0 spiro atoms. The Bertz CT molecular complexity index is 681. The third-order valence-corrected chi connectivity index (χ3v) is 5.07. The number of aromatic nitrogens is 2. The zero-order valence-corrected chi connectivity index (χ0v) is 14.1. The molecule has 0 aliphatic carbocycles. The van der Waals surface area contributed by atoms with E-state index in [1.165, 1.54) is 23.1 Å². The fourth-order valence-corrected chi connectivity index (χ4v) is 4.11. The predicted octanol–water partition coefficient (Wildman–Crippen LogP) is 2.00. The lowest BCUT2D eigenvalue weighted by atomic mass is 10.2. The minimum atomic E-state index is 0.0760. The maximum absolute atomic E-state index is 12.3. The van der Waals surface area contributed by atoms with Crippen LogP contribution in [0.4, 0.5) is 5.82 Å². The summed E-state index contributed by atoms with van der Waals surface area (Å²) in [6.07, 6.45) is 0.152. The highest BCUT2D eigenvalue weighted by Crippen LogP contribution is 2.26. The highest BCUT2D eigenvalue weighted by atomic mass is 32.2. The average Bonchev–Trinajstić information content (AvgIpc) is 2.92. The zero-order chi connectivity index (χ0) is 15.7. The topological polar surface area (TPSA) is 81.3 Å². The molecule has 3 rings (SSSR count). The summed E-state index contributed by atoms with van der Waals surface area (Å²) in [5.74, 6) is 0.866. The van der Waals surface area contributed by atoms with E-state index in [9.17, 15) is 4.79 Å². The van der Waals surface area contributed by atoms with Gasteiger partial charge in [0.05, 0.1) is 23.3 Å². The van der Waals surface area contributed by atoms with E-state index in [1.54, 1.807) is 0 Å². The van der Waals surface area contributed by atoms with Crippen LogP contribution in [0.3, 0.4) is 0 Å². The summed E-state index contributed by atoms with van der Waals surface area (Å²) < 4.78 is 5.64. The predicted molar refractivity (Wildman–Crippen MR) is 89.1 cm³/mol. The molecule has 8 heteroatoms. The molecular weight excluding hydrogens is 320 g/mol. The van der Waals surface area contributed by atoms with Gasteiger partial charge in [0.2, 0.25) is 5.91 Å². The molecule has 118 valence electrons. The van der Waals surface area contributed by atoms with E-state index >= 15 is 0 Å². The molecule has 2 N–H and O–H groups in total. The Balaban J connectivity index is 1.64. The van der Waals surface area contributed by atoms with Gasteiger partial charge in [-0.1, -0.05) is 11.8 Å². The maximum atomic E-state index is 12.3. The number of carbonyl (C=O) groups excluding carboxylic acids is 1. The van der Waals surface area contributed by atoms with Crippen LogP contribution < -0.4 is 5.73 Å². The number of nitrogens with two attached hydrogens (primary N) is 1. The number of fused-ring (bicyclic) bond motifs is 1. The van der Waals surface area contributed by atoms with Gasteiger partial charge in [0.25, 0.3) is 0 Å². The van der Waals surface area contributed by atoms with E-state index in [4.69, 9.17) is 10.5 Å². The van der Waals surface area contributed by atoms with Gasteiger partial charge >= 0.3 is 0 Å². The van der Waals surface area contributed by atoms with Crippen molar-refractivity contribution in [2.75, 3.05) is 24.6 Å². The summed E-state index contributed by atoms with van der Waals surface area (Å²) in [7, 11) is 0. The molecule has 0 bridgehead atoms. The van der Waals surface area contributed by atoms with Crippen molar-refractivity contribution in [3.63, 3.8) is 0 Å². The summed E-state index contributed by atoms with van der Waals surface area (Å²) in [6, 6.07) is 1.91. The van der Waals surface area contributed by atoms with E-state index in [0.29, 0.717) is 29.8 Å². The highest BCUT2D eigenvalue weighted by molar-refractivity contribution is 7.99. The van der Waals surface area contributed by atoms with Crippen LogP contribution in [0.1, 0.15) is 13.8 Å². The van der Waals surface area contributed by atoms with Crippen molar-refractivity contribution < 1.29 is 9.53 Å². The molecule has 2 aromatic rings. The number of rotatable bonds is 3. The molecule has 1 saturated heterocycles. The van der Waals surface area contributed by atoms with E-state index in [-0.39, 0.29) is 18.1 Å². The SMILES string of the molecule is CC1CN(C(=O)CSc2nc(N)c3ccsc3n2)CC(C)O1. The molecule has 1 fully saturated rings. The van der Waals surface area contributed by atoms with Crippen LogP contribution in [0.2, 0.25) is 0 Å². The Kier molecular flexibility index (Phi) is 4.51. The largest absolute Gasteiger partial charge is 0.383 e. The number of morpholine rings is 1. The van der Waals surface area contributed by atoms with Gasteiger partial charge in [-0.3, -0.25) is 4.79 Å². The van der Waals surface area contributed by atoms with Gasteiger partial charge in [0, 0.05) is 13.1 Å². The molecule has 2 unspecified atom stereocenters. The Morgan fingerprint density at radius 1 is 1.45 bits per heavy atom. The second-order valence-corrected chi connectivity index (χ2v) is 7.21. The number of amides is 1. The lowest BCUT2D eigenvalue weighted by molar-refractivity contribution is -0.140. The molecule has 0 aromatic carbocycles. The number of hydrogen-bond donors (Lipinski definition) is 1. The molecule has 22 heavy (non-hydrogen) atoms. The van der Waals surface area contributed by atoms with Crippen molar-refractivity contribution in [3.8, 4) is 0 Å². The van der Waals surface area contributed by atoms with Gasteiger partial charge in [-0.15, -0.1) is 11.3 Å². The number of thiophene rings is 1. The Labute approximate surface area is 137 Å². The van der Waals surface area contributed by atoms with Crippen LogP contribution in [0, 0.1) is 0 Å². The Morgan fingerprint density at radius 2 is 2.18 bits per heavy atom. The van der Waals surface area contributed by atoms with Crippen LogP contribution in [-0.4, -0.2) is 51.8 Å². The summed E-state index contributed by atoms with van der Waals surface area (Å²) in [4.78, 5) is 23.7. The zero-order valence-electron chi connectivity index (χ0n) is 12.5. The minimum Gasteiger partial charge on any atom is -0.383 e. The van der Waals surface area contributed by atoms with Crippen molar-refractivity contribution in [1.82, 2.24) is 14.9 Å². The molecular formula is C14H18N4O2S2. The fraction of sp³-hybridized carbons (Fsp3) is 0.500. The number of nitrogen functional groups attached to an aromatic ring is 1. The van der Waals surface area contributed by atoms with Crippen molar-refractivity contribution >= 4 is 45.0 Å². The quantitative estimate of drug-likeness (QED) is 0.681. The van der Waals surface area contributed by atoms with Crippen molar-refractivity contribution in [2.45, 2.75) is 31.2 Å². The summed E-state index contributed by atoms with van der Waals surface area (Å²) >= 11 is 2.85. The third-order valence-electron chi connectivity index (χ3n) is 3.43. The second kappa shape index (κ2) is 6.39. The van der Waals surface area contributed by atoms with Gasteiger partial charge in [0.1, 0.15) is 10.6 Å². The van der Waals surface area contributed by atoms with Gasteiger partial charge in [-0.2, -0.15) is 0 Å². The summed E-state index contributed by atoms with van der Waals surface area (Å²) in [6.45, 7) is 5.24. The fourth-order valence-electron chi connectivity index (χ4n) is 2.52. The smallest absolute Gasteiger partial charge is 0.233 e. The molecule has 0 radical (unpaired) electrons. The van der Waals surface area contributed by atoms with Crippen LogP contribution in [-0.2, 0) is 9.53 Å². The van der Waals surface area contributed by atoms with Crippen molar-refractivity contribution in [2.24, 2.45) is 0 Å². The van der Waals surface area contributed by atoms with Gasteiger partial charge < -0.3 is 15.4 Å². The number of thioether (sulfide) groups is 1. The molecule has 1 aliphatic heterocycles. The monoisotopic (exact) mass is 338 g/mol. The van der Waals surface area contributed by atoms with Gasteiger partial charge in [-0.05, 0) is 25.3 Å². The highest BCUT2D eigenvalue weighted by Gasteiger charge is 2.25. The Hall–Kier alpha value is -1.38. The average molecular weight is 338 g/mol. The first-order chi connectivity index (χ1) is 10.5. The number of nitrogens with zero attached hydrogens (tertiary/aromatic N) is 3. The van der Waals surface area contributed by atoms with Crippen molar-refractivity contribution in [3.05, 3.63) is 11.4 Å². The minimum absolute atomic E-state index is 0.0760. The van der Waals surface area contributed by atoms with E-state index in [2.05, 4.69) is 9.97 Å². The standard InChI is InChI=1S/C14H18N4O2S2/c1-8-5-18(6-9(2)20-8)11(19)7-22-14-16-12(15)10-3-4-21-13(10)17-14/h3-4,8-9H,5-7H2,1-2H3,(H2,15,16,17). The van der Waals surface area contributed by atoms with Crippen LogP contribution >= 0.6 is 23.1 Å². The molecule has 1 amide bonds. The van der Waals surface area contributed by atoms with Crippen molar-refractivity contribution in [1.29, 1.82) is 0 Å². The Morgan fingerprint density at radius 3 is 2.91 bits per heavy atom. The van der Waals surface area contributed by atoms with Gasteiger partial charge in [0.15, 0.2) is 5.16 Å². The molecule has 6 nitrogen and oxygen atoms in total. The first-order valence-corrected chi connectivity index (χ1v) is 8.96. The van der Waals surface area contributed by atoms with Crippen LogP contribution in [0.25, 0.3) is 10.2 Å². The van der Waals surface area contributed by atoms with Crippen LogP contribution in [0.15, 0.2) is 16.6 Å². The number of ether oxygens (including phenoxy) is 1. The molecule has 0 saturated carbocycles. The third kappa shape index (κ3) is 3.34. The first kappa shape index (κ1) is 15.5. The molecule has 3 heterocycles. The number of anilines is 1. The molecule has 2 aromatic heterocycles. The summed E-state index contributed by atoms with van der Waals surface area (Å²) in [5, 5.41) is 3.36. The van der Waals surface area contributed by atoms with E-state index < -0.39 is 0 Å². The molecule has 2 atom stereocenters. The first-order valence-electron chi connectivity index (χ1n) is 7.09. The van der Waals surface area contributed by atoms with Gasteiger partial charge in [-0.25, -0.2) is 9.97 Å². The number of carbonyl (C=O) groups is 1. The number of hydrogen-bond acceptors (Lipinski definition) is 7. The molecule has 1 aliphatic rings. The lowest BCUT2D eigenvalue weighted by Gasteiger charge is -2.35. The maximum Gasteiger partial charge on any atom is 0.233 e. The lowest BCUT2D eigenvalue weighted by Crippen LogP contribution is -2.48. The van der Waals surface area contributed by atoms with E-state index in [1.807, 2.05) is 30.2 Å². The normalized spacial score (nSPS) is 22.2.